The van der Waals surface area contributed by atoms with Crippen LogP contribution in [0, 0.1) is 11.8 Å². The predicted molar refractivity (Wildman–Crippen MR) is 73.0 cm³/mol. The molecule has 0 radical (unpaired) electrons. The number of hydrogen-bond donors (Lipinski definition) is 2. The Kier molecular flexibility index (Phi) is 6.45. The Morgan fingerprint density at radius 3 is 2.78 bits per heavy atom. The van der Waals surface area contributed by atoms with Crippen molar-refractivity contribution in [3.63, 3.8) is 0 Å². The zero-order chi connectivity index (χ0) is 13.4. The van der Waals surface area contributed by atoms with Gasteiger partial charge in [-0.3, -0.25) is 4.90 Å². The average Bonchev–Trinajstić information content (AvgIpc) is 2.38. The van der Waals surface area contributed by atoms with Crippen LogP contribution in [-0.4, -0.2) is 41.4 Å². The molecule has 0 bridgehead atoms. The minimum atomic E-state index is 0.101. The second-order valence-electron chi connectivity index (χ2n) is 4.42. The number of rotatable bonds is 5. The summed E-state index contributed by atoms with van der Waals surface area (Å²) in [5.74, 6) is 5.94. The summed E-state index contributed by atoms with van der Waals surface area (Å²) >= 11 is 0. The Morgan fingerprint density at radius 1 is 1.33 bits per heavy atom. The molecule has 0 saturated heterocycles. The molecule has 1 aromatic rings. The van der Waals surface area contributed by atoms with Crippen LogP contribution in [0.15, 0.2) is 24.3 Å². The largest absolute Gasteiger partial charge is 0.395 e. The first-order valence-electron chi connectivity index (χ1n) is 6.17. The van der Waals surface area contributed by atoms with Crippen LogP contribution in [0.2, 0.25) is 0 Å². The molecular formula is C15H21NO2. The molecule has 3 nitrogen and oxygen atoms in total. The average molecular weight is 247 g/mol. The number of aliphatic hydroxyl groups excluding tert-OH is 2. The molecule has 0 aliphatic carbocycles. The van der Waals surface area contributed by atoms with Gasteiger partial charge in [0, 0.05) is 24.6 Å². The second-order valence-corrected chi connectivity index (χ2v) is 4.42. The number of nitrogens with zero attached hydrogens (tertiary/aromatic N) is 1. The van der Waals surface area contributed by atoms with Gasteiger partial charge in [-0.2, -0.15) is 0 Å². The van der Waals surface area contributed by atoms with Gasteiger partial charge in [0.2, 0.25) is 0 Å². The van der Waals surface area contributed by atoms with E-state index in [1.807, 2.05) is 32.2 Å². The van der Waals surface area contributed by atoms with E-state index in [9.17, 15) is 0 Å². The summed E-state index contributed by atoms with van der Waals surface area (Å²) in [6, 6.07) is 8.19. The maximum absolute atomic E-state index is 9.09. The van der Waals surface area contributed by atoms with Gasteiger partial charge in [0.15, 0.2) is 0 Å². The molecule has 3 heteroatoms. The third-order valence-electron chi connectivity index (χ3n) is 2.85. The smallest absolute Gasteiger partial charge is 0.0584 e. The second kappa shape index (κ2) is 7.88. The first kappa shape index (κ1) is 14.7. The van der Waals surface area contributed by atoms with Crippen LogP contribution in [0.3, 0.4) is 0 Å². The number of benzene rings is 1. The van der Waals surface area contributed by atoms with Crippen LogP contribution in [-0.2, 0) is 6.54 Å². The minimum absolute atomic E-state index is 0.101. The predicted octanol–water partition coefficient (Wildman–Crippen LogP) is 1.23. The molecule has 2 N–H and O–H groups in total. The summed E-state index contributed by atoms with van der Waals surface area (Å²) in [4.78, 5) is 2.10. The van der Waals surface area contributed by atoms with Crippen LogP contribution in [0.1, 0.15) is 24.5 Å². The van der Waals surface area contributed by atoms with E-state index in [-0.39, 0.29) is 19.3 Å². The highest BCUT2D eigenvalue weighted by atomic mass is 16.3. The topological polar surface area (TPSA) is 43.7 Å². The van der Waals surface area contributed by atoms with Gasteiger partial charge in [0.05, 0.1) is 13.2 Å². The summed E-state index contributed by atoms with van der Waals surface area (Å²) in [6.45, 7) is 3.04. The van der Waals surface area contributed by atoms with Crippen LogP contribution >= 0.6 is 0 Å². The lowest BCUT2D eigenvalue weighted by Crippen LogP contribution is -2.31. The normalized spacial score (nSPS) is 12.1. The highest BCUT2D eigenvalue weighted by Gasteiger charge is 2.07. The lowest BCUT2D eigenvalue weighted by Gasteiger charge is -2.22. The standard InChI is InChI=1S/C15H21NO2/c1-13(12-18)16(2)11-15-8-5-7-14(10-15)6-3-4-9-17/h5,7-8,10,13,17-18H,4,9,11-12H2,1-2H3. The highest BCUT2D eigenvalue weighted by Crippen LogP contribution is 2.08. The Bertz CT molecular complexity index is 420. The lowest BCUT2D eigenvalue weighted by molar-refractivity contribution is 0.154. The van der Waals surface area contributed by atoms with E-state index in [0.29, 0.717) is 6.42 Å². The molecule has 0 heterocycles. The van der Waals surface area contributed by atoms with Gasteiger partial charge in [-0.1, -0.05) is 24.0 Å². The van der Waals surface area contributed by atoms with Crippen molar-refractivity contribution < 1.29 is 10.2 Å². The Hall–Kier alpha value is -1.34. The Morgan fingerprint density at radius 2 is 2.11 bits per heavy atom. The third-order valence-corrected chi connectivity index (χ3v) is 2.85. The van der Waals surface area contributed by atoms with Crippen LogP contribution in [0.4, 0.5) is 0 Å². The van der Waals surface area contributed by atoms with E-state index in [0.717, 1.165) is 12.1 Å². The van der Waals surface area contributed by atoms with E-state index in [4.69, 9.17) is 10.2 Å². The monoisotopic (exact) mass is 247 g/mol. The summed E-state index contributed by atoms with van der Waals surface area (Å²) < 4.78 is 0. The molecule has 1 unspecified atom stereocenters. The molecule has 0 aliphatic heterocycles. The molecule has 0 aliphatic rings. The maximum Gasteiger partial charge on any atom is 0.0584 e. The zero-order valence-corrected chi connectivity index (χ0v) is 11.1. The van der Waals surface area contributed by atoms with Gasteiger partial charge in [0.25, 0.3) is 0 Å². The van der Waals surface area contributed by atoms with Gasteiger partial charge in [-0.05, 0) is 31.7 Å². The minimum Gasteiger partial charge on any atom is -0.395 e. The molecule has 98 valence electrons. The van der Waals surface area contributed by atoms with Crippen molar-refractivity contribution in [3.8, 4) is 11.8 Å². The molecule has 1 atom stereocenters. The summed E-state index contributed by atoms with van der Waals surface area (Å²) in [7, 11) is 1.99. The SMILES string of the molecule is CC(CO)N(C)Cc1cccc(C#CCCO)c1. The van der Waals surface area contributed by atoms with Gasteiger partial charge in [-0.25, -0.2) is 0 Å². The van der Waals surface area contributed by atoms with Gasteiger partial charge in [-0.15, -0.1) is 0 Å². The number of hydrogen-bond acceptors (Lipinski definition) is 3. The van der Waals surface area contributed by atoms with Crippen molar-refractivity contribution in [2.24, 2.45) is 0 Å². The molecule has 0 fully saturated rings. The molecule has 0 spiro atoms. The van der Waals surface area contributed by atoms with Gasteiger partial charge in [0.1, 0.15) is 0 Å². The number of likely N-dealkylation sites (N-methyl/N-ethyl adjacent to an activating group) is 1. The summed E-state index contributed by atoms with van der Waals surface area (Å²) in [5, 5.41) is 17.8. The van der Waals surface area contributed by atoms with E-state index in [2.05, 4.69) is 22.8 Å². The van der Waals surface area contributed by atoms with E-state index in [1.54, 1.807) is 0 Å². The summed E-state index contributed by atoms with van der Waals surface area (Å²) in [6.07, 6.45) is 0.506. The van der Waals surface area contributed by atoms with Crippen molar-refractivity contribution in [3.05, 3.63) is 35.4 Å². The molecule has 0 amide bonds. The Balaban J connectivity index is 2.68. The molecule has 18 heavy (non-hydrogen) atoms. The molecular weight excluding hydrogens is 226 g/mol. The maximum atomic E-state index is 9.09. The quantitative estimate of drug-likeness (QED) is 0.769. The van der Waals surface area contributed by atoms with Crippen LogP contribution in [0.5, 0.6) is 0 Å². The highest BCUT2D eigenvalue weighted by molar-refractivity contribution is 5.37. The van der Waals surface area contributed by atoms with Crippen molar-refractivity contribution in [2.75, 3.05) is 20.3 Å². The van der Waals surface area contributed by atoms with E-state index < -0.39 is 0 Å². The molecule has 0 saturated carbocycles. The van der Waals surface area contributed by atoms with Crippen molar-refractivity contribution in [1.29, 1.82) is 0 Å². The van der Waals surface area contributed by atoms with E-state index >= 15 is 0 Å². The van der Waals surface area contributed by atoms with Crippen molar-refractivity contribution in [2.45, 2.75) is 25.9 Å². The van der Waals surface area contributed by atoms with E-state index in [1.165, 1.54) is 5.56 Å². The van der Waals surface area contributed by atoms with Crippen LogP contribution < -0.4 is 0 Å². The number of aliphatic hydroxyl groups is 2. The fourth-order valence-electron chi connectivity index (χ4n) is 1.55. The third kappa shape index (κ3) is 4.89. The van der Waals surface area contributed by atoms with Crippen molar-refractivity contribution in [1.82, 2.24) is 4.90 Å². The summed E-state index contributed by atoms with van der Waals surface area (Å²) in [5.41, 5.74) is 2.14. The first-order chi connectivity index (χ1) is 8.67. The fraction of sp³-hybridized carbons (Fsp3) is 0.467. The lowest BCUT2D eigenvalue weighted by atomic mass is 10.1. The first-order valence-corrected chi connectivity index (χ1v) is 6.17. The molecule has 0 aromatic heterocycles. The van der Waals surface area contributed by atoms with Crippen LogP contribution in [0.25, 0.3) is 0 Å². The Labute approximate surface area is 109 Å². The van der Waals surface area contributed by atoms with Crippen molar-refractivity contribution >= 4 is 0 Å². The fourth-order valence-corrected chi connectivity index (χ4v) is 1.55. The van der Waals surface area contributed by atoms with Gasteiger partial charge >= 0.3 is 0 Å². The zero-order valence-electron chi connectivity index (χ0n) is 11.1. The molecule has 1 aromatic carbocycles. The molecule has 1 rings (SSSR count). The van der Waals surface area contributed by atoms with Gasteiger partial charge < -0.3 is 10.2 Å².